The summed E-state index contributed by atoms with van der Waals surface area (Å²) in [6, 6.07) is 0. The average Bonchev–Trinajstić information content (AvgIpc) is 3.19. The Labute approximate surface area is 313 Å². The lowest BCUT2D eigenvalue weighted by Gasteiger charge is -2.63. The Balaban J connectivity index is 0.000000460. The summed E-state index contributed by atoms with van der Waals surface area (Å²) >= 11 is 0. The monoisotopic (exact) mass is 805 g/mol. The molecular formula is C35H70N2O9PSi4-. The van der Waals surface area contributed by atoms with E-state index in [-0.39, 0.29) is 23.5 Å². The fourth-order valence-electron chi connectivity index (χ4n) is 9.66. The normalized spacial score (nSPS) is 34.1. The van der Waals surface area contributed by atoms with Crippen LogP contribution in [0, 0.1) is 28.6 Å². The van der Waals surface area contributed by atoms with Gasteiger partial charge in [-0.3, -0.25) is 4.57 Å². The van der Waals surface area contributed by atoms with Crippen molar-refractivity contribution in [2.45, 2.75) is 149 Å². The van der Waals surface area contributed by atoms with Crippen molar-refractivity contribution < 1.29 is 41.5 Å². The summed E-state index contributed by atoms with van der Waals surface area (Å²) in [7, 11) is -8.86. The lowest BCUT2D eigenvalue weighted by molar-refractivity contribution is -0.210. The molecule has 7 atom stereocenters. The van der Waals surface area contributed by atoms with E-state index in [1.165, 1.54) is 5.57 Å². The number of aliphatic hydroxyl groups excluding tert-OH is 1. The molecule has 0 aromatic heterocycles. The second-order valence-corrected chi connectivity index (χ2v) is 39.1. The molecule has 3 fully saturated rings. The van der Waals surface area contributed by atoms with E-state index >= 15 is 0 Å². The Kier molecular flexibility index (Phi) is 14.1. The molecule has 4 aliphatic rings. The minimum Gasteiger partial charge on any atom is -0.757 e. The van der Waals surface area contributed by atoms with Gasteiger partial charge in [-0.15, -0.1) is 0 Å². The molecule has 0 aromatic rings. The predicted molar refractivity (Wildman–Crippen MR) is 215 cm³/mol. The highest BCUT2D eigenvalue weighted by Gasteiger charge is 2.69. The van der Waals surface area contributed by atoms with Gasteiger partial charge in [0.2, 0.25) is 7.82 Å². The van der Waals surface area contributed by atoms with Gasteiger partial charge in [0, 0.05) is 11.5 Å². The number of hydrogen-bond acceptors (Lipinski definition) is 11. The van der Waals surface area contributed by atoms with Crippen LogP contribution in [-0.4, -0.2) is 82.3 Å². The molecule has 1 N–H and O–H groups in total. The molecule has 0 radical (unpaired) electrons. The number of rotatable bonds is 12. The van der Waals surface area contributed by atoms with Crippen molar-refractivity contribution in [3.63, 3.8) is 0 Å². The molecule has 4 rings (SSSR count). The summed E-state index contributed by atoms with van der Waals surface area (Å²) < 4.78 is 35.6. The van der Waals surface area contributed by atoms with Crippen LogP contribution in [0.15, 0.2) is 22.0 Å². The smallest absolute Gasteiger partial charge is 0.248 e. The number of phosphoric acid groups is 1. The second kappa shape index (κ2) is 16.0. The topological polar surface area (TPSA) is 140 Å². The summed E-state index contributed by atoms with van der Waals surface area (Å²) in [5.74, 6) is 1.47. The maximum Gasteiger partial charge on any atom is 0.248 e. The molecule has 11 nitrogen and oxygen atoms in total. The molecule has 0 amide bonds. The molecule has 0 bridgehead atoms. The van der Waals surface area contributed by atoms with E-state index in [1.807, 2.05) is 39.3 Å². The number of allylic oxidation sites excluding steroid dienone is 2. The van der Waals surface area contributed by atoms with Gasteiger partial charge in [0.1, 0.15) is 25.5 Å². The zero-order chi connectivity index (χ0) is 39.1. The van der Waals surface area contributed by atoms with Crippen molar-refractivity contribution in [1.29, 1.82) is 0 Å². The van der Waals surface area contributed by atoms with Crippen molar-refractivity contribution in [2.24, 2.45) is 38.9 Å². The van der Waals surface area contributed by atoms with Gasteiger partial charge >= 0.3 is 0 Å². The molecular weight excluding hydrogens is 736 g/mol. The molecule has 4 aliphatic carbocycles. The van der Waals surface area contributed by atoms with Crippen LogP contribution in [0.3, 0.4) is 0 Å². The summed E-state index contributed by atoms with van der Waals surface area (Å²) in [4.78, 5) is 21.8. The first-order valence-corrected chi connectivity index (χ1v) is 33.8. The molecule has 0 spiro atoms. The van der Waals surface area contributed by atoms with Gasteiger partial charge < -0.3 is 37.0 Å². The third kappa shape index (κ3) is 10.9. The summed E-state index contributed by atoms with van der Waals surface area (Å²) in [5, 5.41) is 19.3. The van der Waals surface area contributed by atoms with Crippen LogP contribution in [0.2, 0.25) is 78.6 Å². The highest BCUT2D eigenvalue weighted by atomic mass is 31.2. The lowest BCUT2D eigenvalue weighted by Crippen LogP contribution is -2.65. The second-order valence-electron chi connectivity index (χ2n) is 19.4. The van der Waals surface area contributed by atoms with Gasteiger partial charge in [0.05, 0.1) is 12.3 Å². The van der Waals surface area contributed by atoms with Gasteiger partial charge in [-0.1, -0.05) is 29.7 Å². The van der Waals surface area contributed by atoms with Crippen molar-refractivity contribution in [2.75, 3.05) is 20.8 Å². The Morgan fingerprint density at radius 3 is 1.94 bits per heavy atom. The fraction of sp³-hybridized carbons (Fsp3) is 0.886. The van der Waals surface area contributed by atoms with Gasteiger partial charge in [0.25, 0.3) is 0 Å². The third-order valence-electron chi connectivity index (χ3n) is 10.8. The molecule has 0 unspecified atom stereocenters. The molecule has 0 saturated heterocycles. The molecule has 51 heavy (non-hydrogen) atoms. The van der Waals surface area contributed by atoms with Crippen LogP contribution < -0.4 is 4.89 Å². The maximum atomic E-state index is 11.3. The summed E-state index contributed by atoms with van der Waals surface area (Å²) in [6.07, 6.45) is 9.59. The third-order valence-corrected chi connectivity index (χ3v) is 18.9. The first-order chi connectivity index (χ1) is 23.1. The van der Waals surface area contributed by atoms with Gasteiger partial charge in [-0.25, -0.2) is 0 Å². The van der Waals surface area contributed by atoms with Gasteiger partial charge in [-0.2, -0.15) is 0 Å². The first-order valence-electron chi connectivity index (χ1n) is 18.7. The van der Waals surface area contributed by atoms with E-state index in [0.29, 0.717) is 23.5 Å². The number of aliphatic hydroxyl groups is 1. The zero-order valence-electron chi connectivity index (χ0n) is 34.6. The molecule has 0 aliphatic heterocycles. The van der Waals surface area contributed by atoms with Gasteiger partial charge in [-0.05, 0) is 153 Å². The number of fused-ring (bicyclic) bond motifs is 5. The molecule has 296 valence electrons. The Bertz CT molecular complexity index is 1350. The Morgan fingerprint density at radius 1 is 0.882 bits per heavy atom. The molecule has 3 saturated carbocycles. The number of nitrogens with zero attached hydrogens (tertiary/aromatic N) is 2. The van der Waals surface area contributed by atoms with Crippen LogP contribution in [0.25, 0.3) is 0 Å². The van der Waals surface area contributed by atoms with E-state index < -0.39 is 46.7 Å². The van der Waals surface area contributed by atoms with E-state index in [0.717, 1.165) is 50.7 Å². The van der Waals surface area contributed by atoms with E-state index in [1.54, 1.807) is 14.2 Å². The SMILES string of the molecule is CO/N=C1\C=C2CC[C@@H]3[C@H]([C@@H](O[Si](C)(C)C)C[C@@]4(C)[C@H]3CC[C@]4(O[Si](C)(C)C)/C(CO)=N/OC)[C@@]2(C)CC1.C[Si](C)(C)OP(=O)([O-])O[Si](C)(C)C. The van der Waals surface area contributed by atoms with Crippen molar-refractivity contribution in [3.05, 3.63) is 11.6 Å². The first kappa shape index (κ1) is 44.9. The van der Waals surface area contributed by atoms with Crippen molar-refractivity contribution in [1.82, 2.24) is 0 Å². The zero-order valence-corrected chi connectivity index (χ0v) is 39.5. The average molecular weight is 806 g/mol. The Hall–Kier alpha value is -0.462. The van der Waals surface area contributed by atoms with Crippen LogP contribution in [0.4, 0.5) is 0 Å². The highest BCUT2D eigenvalue weighted by Crippen LogP contribution is 2.69. The quantitative estimate of drug-likeness (QED) is 0.0890. The van der Waals surface area contributed by atoms with E-state index in [9.17, 15) is 14.6 Å². The largest absolute Gasteiger partial charge is 0.757 e. The summed E-state index contributed by atoms with van der Waals surface area (Å²) in [6.45, 7) is 29.3. The van der Waals surface area contributed by atoms with Crippen LogP contribution >= 0.6 is 7.82 Å². The number of oxime groups is 2. The molecule has 16 heteroatoms. The minimum absolute atomic E-state index is 0.0899. The van der Waals surface area contributed by atoms with Crippen molar-refractivity contribution in [3.8, 4) is 0 Å². The molecule has 0 heterocycles. The summed E-state index contributed by atoms with van der Waals surface area (Å²) in [5.41, 5.74) is 2.49. The Morgan fingerprint density at radius 2 is 1.47 bits per heavy atom. The standard InChI is InChI=1S/C29H52N2O5Si2.C6H19O4PSi2/c1-27-15-13-21(30-33-3)17-20(27)11-12-22-23-14-16-29(36-38(8,9)10,25(19-32)31-34-4)28(23,2)18-24(26(22)27)35-37(5,6)7;1-12(2,3)9-11(7,8)10-13(4,5)6/h17,22-24,26,32H,11-16,18-19H2,1-10H3;1-6H3,(H,7,8)/p-1/b30-21-,31-25+;/t22-,23-,24-,26+,27-,28-,29-;/m0./s1. The maximum absolute atomic E-state index is 11.3. The molecule has 0 aromatic carbocycles. The minimum atomic E-state index is -4.06. The predicted octanol–water partition coefficient (Wildman–Crippen LogP) is 8.52. The van der Waals surface area contributed by atoms with Crippen molar-refractivity contribution >= 4 is 52.5 Å². The van der Waals surface area contributed by atoms with E-state index in [4.69, 9.17) is 27.0 Å². The fourth-order valence-corrected chi connectivity index (χ4v) is 18.1. The highest BCUT2D eigenvalue weighted by molar-refractivity contribution is 7.49. The van der Waals surface area contributed by atoms with Crippen LogP contribution in [-0.2, 0) is 31.5 Å². The number of hydrogen-bond donors (Lipinski definition) is 1. The van der Waals surface area contributed by atoms with Gasteiger partial charge in [0.15, 0.2) is 33.3 Å². The van der Waals surface area contributed by atoms with Crippen LogP contribution in [0.5, 0.6) is 0 Å². The van der Waals surface area contributed by atoms with Crippen LogP contribution in [0.1, 0.15) is 58.8 Å². The van der Waals surface area contributed by atoms with E-state index in [2.05, 4.69) is 69.5 Å². The lowest BCUT2D eigenvalue weighted by atomic mass is 9.45.